The molecule has 0 unspecified atom stereocenters. The highest BCUT2D eigenvalue weighted by molar-refractivity contribution is 6.31. The predicted octanol–water partition coefficient (Wildman–Crippen LogP) is 4.79. The van der Waals surface area contributed by atoms with Crippen molar-refractivity contribution in [1.82, 2.24) is 14.5 Å². The summed E-state index contributed by atoms with van der Waals surface area (Å²) in [7, 11) is 0. The van der Waals surface area contributed by atoms with Gasteiger partial charge in [-0.05, 0) is 63.1 Å². The number of para-hydroxylation sites is 2. The molecule has 2 aromatic carbocycles. The highest BCUT2D eigenvalue weighted by Crippen LogP contribution is 2.33. The molecule has 1 fully saturated rings. The molecule has 28 heavy (non-hydrogen) atoms. The monoisotopic (exact) mass is 396 g/mol. The maximum atomic E-state index is 12.7. The molecule has 2 heterocycles. The lowest BCUT2D eigenvalue weighted by molar-refractivity contribution is -0.117. The smallest absolute Gasteiger partial charge is 0.238 e. The molecule has 5 nitrogen and oxygen atoms in total. The van der Waals surface area contributed by atoms with Gasteiger partial charge < -0.3 is 9.88 Å². The molecule has 6 heteroatoms. The van der Waals surface area contributed by atoms with E-state index >= 15 is 0 Å². The van der Waals surface area contributed by atoms with E-state index in [0.717, 1.165) is 54.0 Å². The Morgan fingerprint density at radius 1 is 1.25 bits per heavy atom. The zero-order chi connectivity index (χ0) is 19.7. The number of carbonyl (C=O) groups is 1. The summed E-state index contributed by atoms with van der Waals surface area (Å²) >= 11 is 6.17. The van der Waals surface area contributed by atoms with Crippen LogP contribution in [0.1, 0.15) is 37.2 Å². The fourth-order valence-corrected chi connectivity index (χ4v) is 4.28. The second-order valence-corrected chi connectivity index (χ2v) is 7.70. The highest BCUT2D eigenvalue weighted by Gasteiger charge is 2.31. The molecule has 146 valence electrons. The van der Waals surface area contributed by atoms with Gasteiger partial charge in [0, 0.05) is 17.3 Å². The number of aryl methyl sites for hydroxylation is 1. The summed E-state index contributed by atoms with van der Waals surface area (Å²) in [5.41, 5.74) is 3.84. The Labute approximate surface area is 170 Å². The number of carbonyl (C=O) groups excluding carboxylic acids is 1. The molecule has 0 aliphatic carbocycles. The van der Waals surface area contributed by atoms with Gasteiger partial charge in [0.05, 0.1) is 23.6 Å². The lowest BCUT2D eigenvalue weighted by atomic mass is 10.2. The summed E-state index contributed by atoms with van der Waals surface area (Å²) in [5, 5.41) is 3.67. The molecular weight excluding hydrogens is 372 g/mol. The largest absolute Gasteiger partial charge is 0.327 e. The van der Waals surface area contributed by atoms with Crippen LogP contribution in [0, 0.1) is 6.92 Å². The number of likely N-dealkylation sites (tertiary alicyclic amines) is 1. The van der Waals surface area contributed by atoms with E-state index in [0.29, 0.717) is 11.6 Å². The number of amides is 1. The average Bonchev–Trinajstić information content (AvgIpc) is 3.28. The summed E-state index contributed by atoms with van der Waals surface area (Å²) in [6, 6.07) is 14.0. The number of aromatic nitrogens is 2. The van der Waals surface area contributed by atoms with Gasteiger partial charge in [0.25, 0.3) is 0 Å². The highest BCUT2D eigenvalue weighted by atomic mass is 35.5. The zero-order valence-corrected chi connectivity index (χ0v) is 17.0. The molecule has 0 radical (unpaired) electrons. The van der Waals surface area contributed by atoms with E-state index in [1.54, 1.807) is 0 Å². The van der Waals surface area contributed by atoms with E-state index < -0.39 is 0 Å². The molecule has 0 bridgehead atoms. The van der Waals surface area contributed by atoms with E-state index in [4.69, 9.17) is 16.6 Å². The number of rotatable bonds is 5. The van der Waals surface area contributed by atoms with E-state index in [2.05, 4.69) is 33.8 Å². The first-order chi connectivity index (χ1) is 13.6. The van der Waals surface area contributed by atoms with Crippen LogP contribution in [-0.4, -0.2) is 33.4 Å². The van der Waals surface area contributed by atoms with Crippen molar-refractivity contribution in [2.24, 2.45) is 0 Å². The number of anilines is 1. The molecule has 0 saturated carbocycles. The maximum Gasteiger partial charge on any atom is 0.238 e. The number of halogens is 1. The van der Waals surface area contributed by atoms with Gasteiger partial charge in [-0.2, -0.15) is 0 Å². The Hall–Kier alpha value is -2.37. The molecule has 1 amide bonds. The fraction of sp³-hybridized carbons (Fsp3) is 0.364. The first-order valence-corrected chi connectivity index (χ1v) is 10.2. The fourth-order valence-electron chi connectivity index (χ4n) is 4.11. The number of nitrogens with one attached hydrogen (secondary N) is 1. The Balaban J connectivity index is 1.54. The van der Waals surface area contributed by atoms with E-state index in [1.807, 2.05) is 37.3 Å². The van der Waals surface area contributed by atoms with Crippen LogP contribution in [0.4, 0.5) is 5.69 Å². The van der Waals surface area contributed by atoms with Gasteiger partial charge in [-0.3, -0.25) is 9.69 Å². The summed E-state index contributed by atoms with van der Waals surface area (Å²) in [5.74, 6) is 1.05. The number of nitrogens with zero attached hydrogens (tertiary/aromatic N) is 3. The lowest BCUT2D eigenvalue weighted by Gasteiger charge is -2.24. The number of benzene rings is 2. The van der Waals surface area contributed by atoms with Crippen LogP contribution in [0.2, 0.25) is 5.02 Å². The minimum absolute atomic E-state index is 0.0172. The molecule has 1 N–H and O–H groups in total. The molecule has 4 rings (SSSR count). The van der Waals surface area contributed by atoms with Gasteiger partial charge in [0.2, 0.25) is 5.91 Å². The quantitative estimate of drug-likeness (QED) is 0.674. The summed E-state index contributed by atoms with van der Waals surface area (Å²) in [6.45, 7) is 6.18. The molecular formula is C22H25ClN4O. The zero-order valence-electron chi connectivity index (χ0n) is 16.3. The molecule has 1 atom stereocenters. The van der Waals surface area contributed by atoms with E-state index in [-0.39, 0.29) is 11.9 Å². The topological polar surface area (TPSA) is 50.2 Å². The SMILES string of the molecule is CCn1c([C@H]2CCCN2CC(=O)Nc2cccc(Cl)c2C)nc2ccccc21. The van der Waals surface area contributed by atoms with Crippen LogP contribution >= 0.6 is 11.6 Å². The Kier molecular flexibility index (Phi) is 5.38. The first-order valence-electron chi connectivity index (χ1n) is 9.82. The third kappa shape index (κ3) is 3.52. The lowest BCUT2D eigenvalue weighted by Crippen LogP contribution is -2.34. The van der Waals surface area contributed by atoms with Crippen molar-refractivity contribution in [3.63, 3.8) is 0 Å². The van der Waals surface area contributed by atoms with Crippen LogP contribution in [0.15, 0.2) is 42.5 Å². The summed E-state index contributed by atoms with van der Waals surface area (Å²) < 4.78 is 2.28. The van der Waals surface area contributed by atoms with Gasteiger partial charge in [-0.15, -0.1) is 0 Å². The van der Waals surface area contributed by atoms with Crippen molar-refractivity contribution in [2.75, 3.05) is 18.4 Å². The van der Waals surface area contributed by atoms with Crippen LogP contribution in [0.25, 0.3) is 11.0 Å². The third-order valence-electron chi connectivity index (χ3n) is 5.55. The van der Waals surface area contributed by atoms with E-state index in [1.165, 1.54) is 0 Å². The number of imidazole rings is 1. The number of fused-ring (bicyclic) bond motifs is 1. The van der Waals surface area contributed by atoms with Gasteiger partial charge in [0.1, 0.15) is 5.82 Å². The Morgan fingerprint density at radius 2 is 2.07 bits per heavy atom. The number of hydrogen-bond acceptors (Lipinski definition) is 3. The van der Waals surface area contributed by atoms with Gasteiger partial charge in [-0.1, -0.05) is 29.8 Å². The number of hydrogen-bond donors (Lipinski definition) is 1. The summed E-state index contributed by atoms with van der Waals surface area (Å²) in [4.78, 5) is 19.9. The first kappa shape index (κ1) is 19.0. The van der Waals surface area contributed by atoms with Crippen molar-refractivity contribution in [1.29, 1.82) is 0 Å². The Morgan fingerprint density at radius 3 is 2.89 bits per heavy atom. The van der Waals surface area contributed by atoms with Gasteiger partial charge in [0.15, 0.2) is 0 Å². The van der Waals surface area contributed by atoms with Crippen LogP contribution < -0.4 is 5.32 Å². The molecule has 3 aromatic rings. The van der Waals surface area contributed by atoms with E-state index in [9.17, 15) is 4.79 Å². The summed E-state index contributed by atoms with van der Waals surface area (Å²) in [6.07, 6.45) is 2.09. The Bertz CT molecular complexity index is 1010. The van der Waals surface area contributed by atoms with Gasteiger partial charge >= 0.3 is 0 Å². The molecule has 1 saturated heterocycles. The van der Waals surface area contributed by atoms with Crippen molar-refractivity contribution in [3.8, 4) is 0 Å². The van der Waals surface area contributed by atoms with Crippen molar-refractivity contribution < 1.29 is 4.79 Å². The second-order valence-electron chi connectivity index (χ2n) is 7.29. The minimum atomic E-state index is -0.0172. The molecule has 1 aliphatic rings. The minimum Gasteiger partial charge on any atom is -0.327 e. The predicted molar refractivity (Wildman–Crippen MR) is 114 cm³/mol. The maximum absolute atomic E-state index is 12.7. The average molecular weight is 397 g/mol. The standard InChI is InChI=1S/C22H25ClN4O/c1-3-27-19-11-5-4-9-18(19)25-22(27)20-12-7-13-26(20)14-21(28)24-17-10-6-8-16(23)15(17)2/h4-6,8-11,20H,3,7,12-14H2,1-2H3,(H,24,28)/t20-/m1/s1. The van der Waals surface area contributed by atoms with Crippen LogP contribution in [0.5, 0.6) is 0 Å². The normalized spacial score (nSPS) is 17.3. The van der Waals surface area contributed by atoms with Gasteiger partial charge in [-0.25, -0.2) is 4.98 Å². The third-order valence-corrected chi connectivity index (χ3v) is 5.96. The van der Waals surface area contributed by atoms with Crippen LogP contribution in [-0.2, 0) is 11.3 Å². The van der Waals surface area contributed by atoms with Crippen molar-refractivity contribution >= 4 is 34.2 Å². The van der Waals surface area contributed by atoms with Crippen molar-refractivity contribution in [3.05, 3.63) is 58.9 Å². The second kappa shape index (κ2) is 7.94. The van der Waals surface area contributed by atoms with Crippen LogP contribution in [0.3, 0.4) is 0 Å². The molecule has 1 aliphatic heterocycles. The van der Waals surface area contributed by atoms with Crippen molar-refractivity contribution in [2.45, 2.75) is 39.3 Å². The molecule has 1 aromatic heterocycles. The molecule has 0 spiro atoms.